The van der Waals surface area contributed by atoms with E-state index >= 15 is 0 Å². The van der Waals surface area contributed by atoms with Crippen molar-refractivity contribution in [2.45, 2.75) is 50.9 Å². The molecule has 3 aromatic rings. The molecule has 166 valence electrons. The van der Waals surface area contributed by atoms with Gasteiger partial charge in [0.05, 0.1) is 5.60 Å². The molecule has 1 aliphatic heterocycles. The monoisotopic (exact) mass is 432 g/mol. The molecule has 32 heavy (non-hydrogen) atoms. The van der Waals surface area contributed by atoms with Crippen LogP contribution in [-0.4, -0.2) is 44.0 Å². The van der Waals surface area contributed by atoms with Crippen molar-refractivity contribution in [1.29, 1.82) is 0 Å². The summed E-state index contributed by atoms with van der Waals surface area (Å²) >= 11 is 0. The van der Waals surface area contributed by atoms with Crippen LogP contribution >= 0.6 is 0 Å². The fourth-order valence-electron chi connectivity index (χ4n) is 3.99. The van der Waals surface area contributed by atoms with Crippen LogP contribution in [0.25, 0.3) is 11.4 Å². The molecule has 0 bridgehead atoms. The number of benzene rings is 1. The van der Waals surface area contributed by atoms with Crippen LogP contribution in [0.1, 0.15) is 49.5 Å². The molecule has 7 heteroatoms. The quantitative estimate of drug-likeness (QED) is 0.575. The van der Waals surface area contributed by atoms with Crippen molar-refractivity contribution in [1.82, 2.24) is 20.3 Å². The number of hydrogen-bond donors (Lipinski definition) is 2. The number of carbonyl (C=O) groups excluding carboxylic acids is 1. The van der Waals surface area contributed by atoms with Gasteiger partial charge in [0.2, 0.25) is 11.7 Å². The molecule has 1 saturated heterocycles. The molecule has 4 rings (SSSR count). The van der Waals surface area contributed by atoms with E-state index in [4.69, 9.17) is 4.74 Å². The number of hydrogen-bond acceptors (Lipinski definition) is 7. The van der Waals surface area contributed by atoms with Crippen molar-refractivity contribution < 1.29 is 14.6 Å². The fourth-order valence-corrected chi connectivity index (χ4v) is 3.99. The zero-order chi connectivity index (χ0) is 22.8. The number of ether oxygens (including phenoxy) is 1. The van der Waals surface area contributed by atoms with Crippen molar-refractivity contribution in [3.8, 4) is 17.3 Å². The maximum absolute atomic E-state index is 14.1. The summed E-state index contributed by atoms with van der Waals surface area (Å²) in [5.74, 6) is 0.587. The minimum atomic E-state index is -1.17. The van der Waals surface area contributed by atoms with Gasteiger partial charge in [-0.15, -0.1) is 0 Å². The van der Waals surface area contributed by atoms with E-state index in [1.54, 1.807) is 56.7 Å². The smallest absolute Gasteiger partial charge is 0.220 e. The largest absolute Gasteiger partial charge is 0.461 e. The number of pyridine rings is 1. The van der Waals surface area contributed by atoms with Gasteiger partial charge in [-0.3, -0.25) is 4.79 Å². The Bertz CT molecular complexity index is 1090. The van der Waals surface area contributed by atoms with Gasteiger partial charge in [-0.1, -0.05) is 24.3 Å². The first-order chi connectivity index (χ1) is 15.3. The Labute approximate surface area is 187 Å². The summed E-state index contributed by atoms with van der Waals surface area (Å²) in [4.78, 5) is 27.1. The van der Waals surface area contributed by atoms with Crippen molar-refractivity contribution in [2.24, 2.45) is 0 Å². The molecule has 2 aromatic heterocycles. The lowest BCUT2D eigenvalue weighted by Crippen LogP contribution is -2.58. The molecule has 3 heterocycles. The zero-order valence-electron chi connectivity index (χ0n) is 18.6. The number of Topliss-reactive ketones (excluding diaryl/α,β-unsaturated/α-hetero) is 1. The highest BCUT2D eigenvalue weighted by Gasteiger charge is 2.46. The fraction of sp³-hybridized carbons (Fsp3) is 0.360. The lowest BCUT2D eigenvalue weighted by atomic mass is 9.82. The summed E-state index contributed by atoms with van der Waals surface area (Å²) in [7, 11) is 0. The number of aromatic nitrogens is 3. The molecule has 1 aliphatic rings. The summed E-state index contributed by atoms with van der Waals surface area (Å²) < 4.78 is 6.43. The van der Waals surface area contributed by atoms with Gasteiger partial charge in [0, 0.05) is 47.9 Å². The summed E-state index contributed by atoms with van der Waals surface area (Å²) in [6.07, 6.45) is 6.20. The van der Waals surface area contributed by atoms with E-state index in [1.165, 1.54) is 0 Å². The summed E-state index contributed by atoms with van der Waals surface area (Å²) in [5, 5.41) is 14.0. The van der Waals surface area contributed by atoms with Crippen LogP contribution in [0.2, 0.25) is 0 Å². The number of carbonyl (C=O) groups is 1. The van der Waals surface area contributed by atoms with Crippen LogP contribution in [0.4, 0.5) is 0 Å². The van der Waals surface area contributed by atoms with E-state index in [9.17, 15) is 9.90 Å². The van der Waals surface area contributed by atoms with E-state index in [2.05, 4.69) is 27.2 Å². The van der Waals surface area contributed by atoms with E-state index in [0.29, 0.717) is 35.5 Å². The molecule has 2 N–H and O–H groups in total. The van der Waals surface area contributed by atoms with Gasteiger partial charge in [-0.2, -0.15) is 0 Å². The Morgan fingerprint density at radius 3 is 2.50 bits per heavy atom. The minimum Gasteiger partial charge on any atom is -0.461 e. The van der Waals surface area contributed by atoms with Crippen LogP contribution in [-0.2, 0) is 5.60 Å². The number of rotatable bonds is 6. The Kier molecular flexibility index (Phi) is 6.04. The topological polar surface area (TPSA) is 97.2 Å². The molecule has 1 fully saturated rings. The molecule has 0 unspecified atom stereocenters. The first-order valence-electron chi connectivity index (χ1n) is 10.8. The van der Waals surface area contributed by atoms with Gasteiger partial charge in [-0.25, -0.2) is 15.0 Å². The number of nitrogens with zero attached hydrogens (tertiary/aromatic N) is 3. The average Bonchev–Trinajstić information content (AvgIpc) is 2.80. The third-order valence-corrected chi connectivity index (χ3v) is 5.83. The molecule has 2 atom stereocenters. The van der Waals surface area contributed by atoms with E-state index < -0.39 is 11.2 Å². The van der Waals surface area contributed by atoms with E-state index in [0.717, 1.165) is 6.42 Å². The Morgan fingerprint density at radius 1 is 1.09 bits per heavy atom. The second-order valence-electron chi connectivity index (χ2n) is 8.78. The van der Waals surface area contributed by atoms with Crippen LogP contribution in [0, 0.1) is 0 Å². The van der Waals surface area contributed by atoms with E-state index in [-0.39, 0.29) is 17.7 Å². The molecule has 7 nitrogen and oxygen atoms in total. The maximum Gasteiger partial charge on any atom is 0.220 e. The number of piperidine rings is 1. The second kappa shape index (κ2) is 8.76. The normalized spacial score (nSPS) is 21.2. The second-order valence-corrected chi connectivity index (χ2v) is 8.78. The van der Waals surface area contributed by atoms with Gasteiger partial charge in [0.25, 0.3) is 0 Å². The molecule has 0 saturated carbocycles. The number of nitrogens with one attached hydrogen (secondary N) is 1. The number of aliphatic hydroxyl groups is 1. The van der Waals surface area contributed by atoms with E-state index in [1.807, 2.05) is 18.2 Å². The third-order valence-electron chi connectivity index (χ3n) is 5.83. The minimum absolute atomic E-state index is 0.160. The first-order valence-corrected chi connectivity index (χ1v) is 10.8. The Hall–Kier alpha value is -3.16. The lowest BCUT2D eigenvalue weighted by Gasteiger charge is -2.39. The highest BCUT2D eigenvalue weighted by Crippen LogP contribution is 2.35. The first kappa shape index (κ1) is 22.0. The summed E-state index contributed by atoms with van der Waals surface area (Å²) in [6, 6.07) is 12.8. The molecule has 1 aromatic carbocycles. The van der Waals surface area contributed by atoms with Crippen molar-refractivity contribution in [2.75, 3.05) is 6.54 Å². The third kappa shape index (κ3) is 4.40. The molecule has 0 radical (unpaired) electrons. The Morgan fingerprint density at radius 2 is 1.81 bits per heavy atom. The summed E-state index contributed by atoms with van der Waals surface area (Å²) in [5.41, 5.74) is -0.658. The van der Waals surface area contributed by atoms with Gasteiger partial charge < -0.3 is 15.2 Å². The molecular formula is C25H28N4O3. The van der Waals surface area contributed by atoms with Crippen LogP contribution < -0.4 is 10.1 Å². The highest BCUT2D eigenvalue weighted by molar-refractivity contribution is 6.07. The van der Waals surface area contributed by atoms with Crippen LogP contribution in [0.3, 0.4) is 0 Å². The molecular weight excluding hydrogens is 404 g/mol. The van der Waals surface area contributed by atoms with Gasteiger partial charge in [-0.05, 0) is 51.8 Å². The van der Waals surface area contributed by atoms with Gasteiger partial charge >= 0.3 is 0 Å². The number of ketones is 1. The molecule has 0 spiro atoms. The SMILES string of the molecule is C[C@@H]1CC[C@](Oc2ncccc2C(C)(C)O)(C(=O)c2ccccc2-c2ncccn2)CN1. The van der Waals surface area contributed by atoms with Crippen molar-refractivity contribution in [3.63, 3.8) is 0 Å². The highest BCUT2D eigenvalue weighted by atomic mass is 16.5. The van der Waals surface area contributed by atoms with Crippen molar-refractivity contribution >= 4 is 5.78 Å². The van der Waals surface area contributed by atoms with Crippen molar-refractivity contribution in [3.05, 3.63) is 72.2 Å². The predicted molar refractivity (Wildman–Crippen MR) is 121 cm³/mol. The summed E-state index contributed by atoms with van der Waals surface area (Å²) in [6.45, 7) is 5.77. The Balaban J connectivity index is 1.79. The molecule has 0 amide bonds. The average molecular weight is 433 g/mol. The van der Waals surface area contributed by atoms with Crippen LogP contribution in [0.5, 0.6) is 5.88 Å². The predicted octanol–water partition coefficient (Wildman–Crippen LogP) is 3.54. The lowest BCUT2D eigenvalue weighted by molar-refractivity contribution is 0.0198. The zero-order valence-corrected chi connectivity index (χ0v) is 18.6. The van der Waals surface area contributed by atoms with Gasteiger partial charge in [0.15, 0.2) is 11.4 Å². The standard InChI is InChI=1S/C25H28N4O3/c1-17-11-12-25(16-29-17,32-23-20(24(2,3)31)10-6-13-28-23)21(30)18-8-4-5-9-19(18)22-26-14-7-15-27-22/h4-10,13-15,17,29,31H,11-12,16H2,1-3H3/t17-,25-/m1/s1. The maximum atomic E-state index is 14.1. The van der Waals surface area contributed by atoms with Crippen LogP contribution in [0.15, 0.2) is 61.1 Å². The molecule has 0 aliphatic carbocycles. The van der Waals surface area contributed by atoms with Gasteiger partial charge in [0.1, 0.15) is 0 Å².